The molecule has 0 aliphatic heterocycles. The number of likely N-dealkylation sites (N-methyl/N-ethyl adjacent to an activating group) is 1. The molecule has 3 nitrogen and oxygen atoms in total. The Labute approximate surface area is 94.6 Å². The lowest BCUT2D eigenvalue weighted by atomic mass is 10.0. The molecule has 0 spiro atoms. The Hall–Kier alpha value is -0.120. The Morgan fingerprint density at radius 2 is 1.87 bits per heavy atom. The number of nitrogens with two attached hydrogens (primary N) is 1. The predicted molar refractivity (Wildman–Crippen MR) is 65.9 cm³/mol. The van der Waals surface area contributed by atoms with Crippen LogP contribution in [0.2, 0.25) is 0 Å². The SMILES string of the molecule is CCCCCN(C)C(CO)C(N)CCC. The van der Waals surface area contributed by atoms with E-state index >= 15 is 0 Å². The average Bonchev–Trinajstić information content (AvgIpc) is 2.19. The minimum atomic E-state index is 0.103. The van der Waals surface area contributed by atoms with Gasteiger partial charge in [-0.2, -0.15) is 0 Å². The summed E-state index contributed by atoms with van der Waals surface area (Å²) >= 11 is 0. The van der Waals surface area contributed by atoms with E-state index in [-0.39, 0.29) is 18.7 Å². The van der Waals surface area contributed by atoms with Crippen LogP contribution < -0.4 is 5.73 Å². The monoisotopic (exact) mass is 216 g/mol. The van der Waals surface area contributed by atoms with E-state index in [2.05, 4.69) is 25.8 Å². The Morgan fingerprint density at radius 3 is 2.33 bits per heavy atom. The van der Waals surface area contributed by atoms with Crippen molar-refractivity contribution in [3.63, 3.8) is 0 Å². The van der Waals surface area contributed by atoms with E-state index in [4.69, 9.17) is 5.73 Å². The fourth-order valence-electron chi connectivity index (χ4n) is 1.90. The predicted octanol–water partition coefficient (Wildman–Crippen LogP) is 1.60. The molecule has 0 saturated carbocycles. The summed E-state index contributed by atoms with van der Waals surface area (Å²) in [7, 11) is 2.06. The smallest absolute Gasteiger partial charge is 0.0601 e. The zero-order chi connectivity index (χ0) is 11.7. The van der Waals surface area contributed by atoms with Crippen molar-refractivity contribution < 1.29 is 5.11 Å². The number of unbranched alkanes of at least 4 members (excludes halogenated alkanes) is 2. The fraction of sp³-hybridized carbons (Fsp3) is 1.00. The molecule has 3 heteroatoms. The van der Waals surface area contributed by atoms with Crippen molar-refractivity contribution in [2.45, 2.75) is 58.0 Å². The maximum atomic E-state index is 9.33. The first-order valence-corrected chi connectivity index (χ1v) is 6.24. The van der Waals surface area contributed by atoms with Gasteiger partial charge in [-0.3, -0.25) is 4.90 Å². The van der Waals surface area contributed by atoms with Gasteiger partial charge in [0.05, 0.1) is 6.61 Å². The van der Waals surface area contributed by atoms with E-state index in [0.717, 1.165) is 19.4 Å². The van der Waals surface area contributed by atoms with E-state index in [1.54, 1.807) is 0 Å². The number of rotatable bonds is 9. The topological polar surface area (TPSA) is 49.5 Å². The molecule has 3 N–H and O–H groups in total. The number of nitrogens with zero attached hydrogens (tertiary/aromatic N) is 1. The van der Waals surface area contributed by atoms with Gasteiger partial charge in [0.15, 0.2) is 0 Å². The maximum Gasteiger partial charge on any atom is 0.0601 e. The lowest BCUT2D eigenvalue weighted by Gasteiger charge is -2.31. The molecule has 0 aromatic heterocycles. The van der Waals surface area contributed by atoms with Crippen molar-refractivity contribution in [2.24, 2.45) is 5.73 Å². The Kier molecular flexibility index (Phi) is 9.06. The van der Waals surface area contributed by atoms with Crippen LogP contribution in [0.4, 0.5) is 0 Å². The van der Waals surface area contributed by atoms with Crippen LogP contribution in [0.3, 0.4) is 0 Å². The molecule has 0 aromatic rings. The van der Waals surface area contributed by atoms with Crippen molar-refractivity contribution in [3.05, 3.63) is 0 Å². The van der Waals surface area contributed by atoms with E-state index in [9.17, 15) is 5.11 Å². The minimum absolute atomic E-state index is 0.103. The molecular formula is C12H28N2O. The molecule has 0 rings (SSSR count). The lowest BCUT2D eigenvalue weighted by Crippen LogP contribution is -2.48. The second kappa shape index (κ2) is 9.13. The summed E-state index contributed by atoms with van der Waals surface area (Å²) in [6.07, 6.45) is 5.76. The standard InChI is InChI=1S/C12H28N2O/c1-4-6-7-9-14(3)12(10-15)11(13)8-5-2/h11-12,15H,4-10,13H2,1-3H3. The summed E-state index contributed by atoms with van der Waals surface area (Å²) in [5.74, 6) is 0. The highest BCUT2D eigenvalue weighted by molar-refractivity contribution is 4.79. The molecule has 0 bridgehead atoms. The summed E-state index contributed by atoms with van der Waals surface area (Å²) in [5, 5.41) is 9.33. The van der Waals surface area contributed by atoms with Crippen molar-refractivity contribution in [2.75, 3.05) is 20.2 Å². The molecule has 15 heavy (non-hydrogen) atoms. The van der Waals surface area contributed by atoms with E-state index in [1.165, 1.54) is 19.3 Å². The van der Waals surface area contributed by atoms with Crippen LogP contribution in [0.25, 0.3) is 0 Å². The molecule has 92 valence electrons. The zero-order valence-corrected chi connectivity index (χ0v) is 10.6. The number of aliphatic hydroxyl groups excluding tert-OH is 1. The van der Waals surface area contributed by atoms with Crippen LogP contribution in [0.15, 0.2) is 0 Å². The van der Waals surface area contributed by atoms with Crippen molar-refractivity contribution in [3.8, 4) is 0 Å². The molecular weight excluding hydrogens is 188 g/mol. The Bertz CT molecular complexity index is 142. The van der Waals surface area contributed by atoms with Crippen molar-refractivity contribution >= 4 is 0 Å². The summed E-state index contributed by atoms with van der Waals surface area (Å²) < 4.78 is 0. The van der Waals surface area contributed by atoms with Gasteiger partial charge in [0.2, 0.25) is 0 Å². The molecule has 2 atom stereocenters. The largest absolute Gasteiger partial charge is 0.395 e. The molecule has 0 saturated heterocycles. The van der Waals surface area contributed by atoms with Crippen LogP contribution >= 0.6 is 0 Å². The first-order chi connectivity index (χ1) is 7.17. The van der Waals surface area contributed by atoms with E-state index in [0.29, 0.717) is 0 Å². The normalized spacial score (nSPS) is 15.6. The molecule has 0 aromatic carbocycles. The van der Waals surface area contributed by atoms with Gasteiger partial charge in [-0.15, -0.1) is 0 Å². The second-order valence-corrected chi connectivity index (χ2v) is 4.39. The van der Waals surface area contributed by atoms with E-state index in [1.807, 2.05) is 0 Å². The number of hydrogen-bond donors (Lipinski definition) is 2. The third kappa shape index (κ3) is 6.13. The van der Waals surface area contributed by atoms with Gasteiger partial charge < -0.3 is 10.8 Å². The average molecular weight is 216 g/mol. The third-order valence-corrected chi connectivity index (χ3v) is 2.98. The first kappa shape index (κ1) is 14.9. The summed E-state index contributed by atoms with van der Waals surface area (Å²) in [5.41, 5.74) is 6.04. The molecule has 0 amide bonds. The molecule has 0 fully saturated rings. The Morgan fingerprint density at radius 1 is 1.20 bits per heavy atom. The Balaban J connectivity index is 3.91. The molecule has 2 unspecified atom stereocenters. The lowest BCUT2D eigenvalue weighted by molar-refractivity contribution is 0.122. The van der Waals surface area contributed by atoms with Crippen LogP contribution in [0.5, 0.6) is 0 Å². The second-order valence-electron chi connectivity index (χ2n) is 4.39. The summed E-state index contributed by atoms with van der Waals surface area (Å²) in [4.78, 5) is 2.20. The number of hydrogen-bond acceptors (Lipinski definition) is 3. The highest BCUT2D eigenvalue weighted by Gasteiger charge is 2.20. The summed E-state index contributed by atoms with van der Waals surface area (Å²) in [6.45, 7) is 5.54. The van der Waals surface area contributed by atoms with Gasteiger partial charge in [-0.25, -0.2) is 0 Å². The van der Waals surface area contributed by atoms with Crippen LogP contribution in [0, 0.1) is 0 Å². The highest BCUT2D eigenvalue weighted by atomic mass is 16.3. The molecule has 0 aliphatic carbocycles. The van der Waals surface area contributed by atoms with Crippen LogP contribution in [-0.4, -0.2) is 42.3 Å². The molecule has 0 radical (unpaired) electrons. The number of aliphatic hydroxyl groups is 1. The fourth-order valence-corrected chi connectivity index (χ4v) is 1.90. The zero-order valence-electron chi connectivity index (χ0n) is 10.6. The first-order valence-electron chi connectivity index (χ1n) is 6.24. The van der Waals surface area contributed by atoms with Gasteiger partial charge >= 0.3 is 0 Å². The van der Waals surface area contributed by atoms with Gasteiger partial charge in [0.1, 0.15) is 0 Å². The van der Waals surface area contributed by atoms with Gasteiger partial charge in [-0.1, -0.05) is 33.1 Å². The van der Waals surface area contributed by atoms with Gasteiger partial charge in [0, 0.05) is 12.1 Å². The highest BCUT2D eigenvalue weighted by Crippen LogP contribution is 2.07. The third-order valence-electron chi connectivity index (χ3n) is 2.98. The van der Waals surface area contributed by atoms with Crippen molar-refractivity contribution in [1.29, 1.82) is 0 Å². The van der Waals surface area contributed by atoms with Gasteiger partial charge in [0.25, 0.3) is 0 Å². The summed E-state index contributed by atoms with van der Waals surface area (Å²) in [6, 6.07) is 0.230. The quantitative estimate of drug-likeness (QED) is 0.576. The van der Waals surface area contributed by atoms with Crippen LogP contribution in [-0.2, 0) is 0 Å². The van der Waals surface area contributed by atoms with Crippen LogP contribution in [0.1, 0.15) is 46.0 Å². The minimum Gasteiger partial charge on any atom is -0.395 e. The van der Waals surface area contributed by atoms with E-state index < -0.39 is 0 Å². The van der Waals surface area contributed by atoms with Gasteiger partial charge in [-0.05, 0) is 26.4 Å². The molecule has 0 heterocycles. The van der Waals surface area contributed by atoms with Crippen molar-refractivity contribution in [1.82, 2.24) is 4.90 Å². The molecule has 0 aliphatic rings. The maximum absolute atomic E-state index is 9.33.